The summed E-state index contributed by atoms with van der Waals surface area (Å²) < 4.78 is 11.3. The number of unbranched alkanes of at least 4 members (excludes halogenated alkanes) is 3. The summed E-state index contributed by atoms with van der Waals surface area (Å²) in [7, 11) is 1.64. The molecule has 0 aliphatic rings. The van der Waals surface area contributed by atoms with Crippen molar-refractivity contribution in [3.8, 4) is 6.07 Å². The van der Waals surface area contributed by atoms with Crippen LogP contribution in [0, 0.1) is 11.3 Å². The standard InChI is InChI=1S/C12H10Cl2NO.3C4H9.Sn/c1-3-8(7-15)12(16-2)9-4-5-10(13)11(14)6-9;3*1-3-4-2;/h4-6H,1,3H2,2H3;3*1,3-4H2,2H3;/b12-8+;;;;. The molecule has 0 atom stereocenters. The summed E-state index contributed by atoms with van der Waals surface area (Å²) >= 11 is 9.98. The van der Waals surface area contributed by atoms with Gasteiger partial charge in [0, 0.05) is 0 Å². The molecule has 0 radical (unpaired) electrons. The van der Waals surface area contributed by atoms with Gasteiger partial charge in [-0.05, 0) is 0 Å². The Balaban J connectivity index is 3.16. The summed E-state index contributed by atoms with van der Waals surface area (Å²) in [6.07, 6.45) is 8.67. The monoisotopic (exact) mass is 545 g/mol. The molecule has 0 unspecified atom stereocenters. The van der Waals surface area contributed by atoms with Crippen LogP contribution in [0.3, 0.4) is 0 Å². The van der Waals surface area contributed by atoms with Crippen molar-refractivity contribution >= 4 is 47.3 Å². The minimum atomic E-state index is -2.29. The summed E-state index contributed by atoms with van der Waals surface area (Å²) in [6, 6.07) is 7.88. The second-order valence-electron chi connectivity index (χ2n) is 8.06. The number of nitrogens with zero attached hydrogens (tertiary/aromatic N) is 1. The summed E-state index contributed by atoms with van der Waals surface area (Å²) in [5.41, 5.74) is 1.58. The first-order valence-electron chi connectivity index (χ1n) is 11.1. The topological polar surface area (TPSA) is 33.0 Å². The van der Waals surface area contributed by atoms with Crippen molar-refractivity contribution in [1.29, 1.82) is 5.26 Å². The van der Waals surface area contributed by atoms with E-state index in [-0.39, 0.29) is 0 Å². The Labute approximate surface area is 192 Å². The van der Waals surface area contributed by atoms with Gasteiger partial charge in [0.1, 0.15) is 0 Å². The third kappa shape index (κ3) is 8.72. The Bertz CT molecular complexity index is 675. The molecule has 0 heterocycles. The van der Waals surface area contributed by atoms with Gasteiger partial charge in [0.25, 0.3) is 0 Å². The Morgan fingerprint density at radius 2 is 1.48 bits per heavy atom. The van der Waals surface area contributed by atoms with E-state index in [1.807, 2.05) is 6.07 Å². The molecular weight excluding hydrogens is 508 g/mol. The number of rotatable bonds is 14. The first kappa shape index (κ1) is 26.7. The second-order valence-corrected chi connectivity index (χ2v) is 23.1. The van der Waals surface area contributed by atoms with Crippen molar-refractivity contribution in [3.63, 3.8) is 0 Å². The van der Waals surface area contributed by atoms with Crippen LogP contribution in [0.15, 0.2) is 23.8 Å². The van der Waals surface area contributed by atoms with Crippen molar-refractivity contribution in [3.05, 3.63) is 39.4 Å². The van der Waals surface area contributed by atoms with Crippen molar-refractivity contribution in [1.82, 2.24) is 0 Å². The molecule has 1 aromatic carbocycles. The van der Waals surface area contributed by atoms with Gasteiger partial charge in [-0.25, -0.2) is 0 Å². The fraction of sp³-hybridized carbons (Fsp3) is 0.625. The van der Waals surface area contributed by atoms with Crippen LogP contribution in [0.4, 0.5) is 0 Å². The van der Waals surface area contributed by atoms with Crippen LogP contribution >= 0.6 is 23.2 Å². The molecule has 0 saturated heterocycles. The van der Waals surface area contributed by atoms with Crippen LogP contribution < -0.4 is 0 Å². The molecular formula is C24H37Cl2NOSn. The molecule has 0 N–H and O–H groups in total. The molecule has 1 rings (SSSR count). The normalized spacial score (nSPS) is 12.4. The number of benzene rings is 1. The van der Waals surface area contributed by atoms with E-state index >= 15 is 0 Å². The van der Waals surface area contributed by atoms with Crippen molar-refractivity contribution in [2.75, 3.05) is 7.11 Å². The van der Waals surface area contributed by atoms with Gasteiger partial charge in [0.05, 0.1) is 0 Å². The molecule has 1 aromatic rings. The number of hydrogen-bond acceptors (Lipinski definition) is 2. The summed E-state index contributed by atoms with van der Waals surface area (Å²) in [6.45, 7) is 6.89. The predicted molar refractivity (Wildman–Crippen MR) is 130 cm³/mol. The first-order chi connectivity index (χ1) is 14.0. The van der Waals surface area contributed by atoms with Crippen LogP contribution in [0.2, 0.25) is 27.8 Å². The number of ether oxygens (including phenoxy) is 1. The van der Waals surface area contributed by atoms with Crippen LogP contribution in [0.1, 0.15) is 71.3 Å². The molecule has 29 heavy (non-hydrogen) atoms. The van der Waals surface area contributed by atoms with Crippen LogP contribution in [0.25, 0.3) is 5.76 Å². The maximum absolute atomic E-state index is 9.91. The molecule has 0 saturated carbocycles. The van der Waals surface area contributed by atoms with E-state index in [4.69, 9.17) is 27.9 Å². The van der Waals surface area contributed by atoms with Crippen LogP contribution in [-0.4, -0.2) is 25.5 Å². The summed E-state index contributed by atoms with van der Waals surface area (Å²) in [4.78, 5) is 0. The molecule has 0 aromatic heterocycles. The Hall–Kier alpha value is -0.371. The quantitative estimate of drug-likeness (QED) is 0.133. The average Bonchev–Trinajstić information content (AvgIpc) is 2.73. The first-order valence-corrected chi connectivity index (χ1v) is 19.9. The van der Waals surface area contributed by atoms with E-state index in [1.54, 1.807) is 19.2 Å². The van der Waals surface area contributed by atoms with Gasteiger partial charge >= 0.3 is 193 Å². The van der Waals surface area contributed by atoms with Gasteiger partial charge in [-0.15, -0.1) is 0 Å². The van der Waals surface area contributed by atoms with Crippen LogP contribution in [-0.2, 0) is 4.74 Å². The molecule has 162 valence electrons. The van der Waals surface area contributed by atoms with Gasteiger partial charge < -0.3 is 0 Å². The zero-order valence-corrected chi connectivity index (χ0v) is 23.0. The summed E-state index contributed by atoms with van der Waals surface area (Å²) in [5.74, 6) is 0.646. The van der Waals surface area contributed by atoms with E-state index in [9.17, 15) is 5.26 Å². The molecule has 0 aliphatic carbocycles. The minimum absolute atomic E-state index is 0.485. The Morgan fingerprint density at radius 1 is 0.931 bits per heavy atom. The number of halogens is 2. The fourth-order valence-electron chi connectivity index (χ4n) is 4.07. The van der Waals surface area contributed by atoms with Crippen molar-refractivity contribution < 1.29 is 4.74 Å². The average molecular weight is 545 g/mol. The van der Waals surface area contributed by atoms with Gasteiger partial charge in [-0.2, -0.15) is 0 Å². The maximum atomic E-state index is 9.91. The van der Waals surface area contributed by atoms with Crippen LogP contribution in [0.5, 0.6) is 0 Å². The van der Waals surface area contributed by atoms with Gasteiger partial charge in [0.2, 0.25) is 0 Å². The molecule has 0 spiro atoms. The SMILES string of the molecule is CCC[CH2][Sn]([CH2]CCC)([CH2]CCC)[CH2]C/C(C#N)=C(\OC)c1ccc(Cl)c(Cl)c1. The second kappa shape index (κ2) is 14.6. The van der Waals surface area contributed by atoms with E-state index < -0.39 is 18.4 Å². The number of nitriles is 1. The van der Waals surface area contributed by atoms with Crippen molar-refractivity contribution in [2.24, 2.45) is 0 Å². The summed E-state index contributed by atoms with van der Waals surface area (Å²) in [5, 5.41) is 10.9. The Morgan fingerprint density at radius 3 is 1.90 bits per heavy atom. The number of methoxy groups -OCH3 is 1. The zero-order valence-electron chi connectivity index (χ0n) is 18.6. The zero-order chi connectivity index (χ0) is 21.7. The third-order valence-corrected chi connectivity index (χ3v) is 22.5. The van der Waals surface area contributed by atoms with E-state index in [0.717, 1.165) is 17.6 Å². The number of allylic oxidation sites excluding steroid dienone is 1. The molecule has 0 fully saturated rings. The van der Waals surface area contributed by atoms with Crippen molar-refractivity contribution in [2.45, 2.75) is 83.5 Å². The number of hydrogen-bond donors (Lipinski definition) is 0. The predicted octanol–water partition coefficient (Wildman–Crippen LogP) is 9.11. The molecule has 0 aliphatic heterocycles. The fourth-order valence-corrected chi connectivity index (χ4v) is 20.3. The van der Waals surface area contributed by atoms with E-state index in [1.165, 1.54) is 56.3 Å². The van der Waals surface area contributed by atoms with Gasteiger partial charge in [-0.1, -0.05) is 0 Å². The molecule has 2 nitrogen and oxygen atoms in total. The molecule has 0 amide bonds. The van der Waals surface area contributed by atoms with Gasteiger partial charge in [-0.3, -0.25) is 0 Å². The van der Waals surface area contributed by atoms with Gasteiger partial charge in [0.15, 0.2) is 0 Å². The van der Waals surface area contributed by atoms with E-state index in [0.29, 0.717) is 15.8 Å². The van der Waals surface area contributed by atoms with E-state index in [2.05, 4.69) is 26.8 Å². The molecule has 5 heteroatoms. The molecule has 0 bridgehead atoms. The third-order valence-electron chi connectivity index (χ3n) is 5.88. The Kier molecular flexibility index (Phi) is 13.4.